The van der Waals surface area contributed by atoms with E-state index in [2.05, 4.69) is 6.92 Å². The van der Waals surface area contributed by atoms with Crippen molar-refractivity contribution in [3.8, 4) is 0 Å². The standard InChI is InChI=1S/C22H41NO5S.Na.H/c1-2-3-4-5-6-7-8-9-10-11-12-13-14-15-16-17-18-23-21(24)19-20(22(23)25)29(26,27)28;;/h20H,2-19H2,1H3,(H,26,27,28);;. The van der Waals surface area contributed by atoms with Gasteiger partial charge in [0.2, 0.25) is 5.91 Å². The quantitative estimate of drug-likeness (QED) is 0.141. The van der Waals surface area contributed by atoms with Crippen LogP contribution in [0.3, 0.4) is 0 Å². The number of carbonyl (C=O) groups excluding carboxylic acids is 2. The molecule has 6 nitrogen and oxygen atoms in total. The van der Waals surface area contributed by atoms with Crippen molar-refractivity contribution in [2.24, 2.45) is 0 Å². The van der Waals surface area contributed by atoms with Crippen LogP contribution in [0.25, 0.3) is 0 Å². The zero-order valence-corrected chi connectivity index (χ0v) is 19.1. The van der Waals surface area contributed by atoms with E-state index in [1.54, 1.807) is 0 Å². The van der Waals surface area contributed by atoms with Gasteiger partial charge in [0.1, 0.15) is 0 Å². The monoisotopic (exact) mass is 455 g/mol. The summed E-state index contributed by atoms with van der Waals surface area (Å²) in [6.07, 6.45) is 19.5. The van der Waals surface area contributed by atoms with Crippen molar-refractivity contribution in [2.75, 3.05) is 6.54 Å². The van der Waals surface area contributed by atoms with E-state index in [4.69, 9.17) is 4.55 Å². The number of hydrogen-bond acceptors (Lipinski definition) is 4. The van der Waals surface area contributed by atoms with E-state index in [0.29, 0.717) is 6.42 Å². The molecule has 1 saturated heterocycles. The summed E-state index contributed by atoms with van der Waals surface area (Å²) in [5.41, 5.74) is 0. The van der Waals surface area contributed by atoms with Crippen molar-refractivity contribution in [1.82, 2.24) is 4.90 Å². The Labute approximate surface area is 206 Å². The fourth-order valence-corrected chi connectivity index (χ4v) is 4.67. The van der Waals surface area contributed by atoms with Crippen molar-refractivity contribution >= 4 is 51.5 Å². The molecule has 0 aromatic carbocycles. The van der Waals surface area contributed by atoms with Crippen molar-refractivity contribution in [1.29, 1.82) is 0 Å². The molecule has 1 unspecified atom stereocenters. The molecule has 0 spiro atoms. The normalized spacial score (nSPS) is 16.9. The molecule has 0 bridgehead atoms. The molecule has 0 aromatic rings. The molecule has 0 aromatic heterocycles. The second-order valence-corrected chi connectivity index (χ2v) is 9.99. The van der Waals surface area contributed by atoms with E-state index in [0.717, 1.165) is 24.2 Å². The number of likely N-dealkylation sites (tertiary alicyclic amines) is 1. The number of imide groups is 1. The molecular formula is C22H42NNaO5S. The summed E-state index contributed by atoms with van der Waals surface area (Å²) < 4.78 is 31.2. The molecule has 0 saturated carbocycles. The summed E-state index contributed by atoms with van der Waals surface area (Å²) in [4.78, 5) is 24.7. The Bertz CT molecular complexity index is 582. The Morgan fingerprint density at radius 1 is 0.767 bits per heavy atom. The molecule has 1 N–H and O–H groups in total. The fraction of sp³-hybridized carbons (Fsp3) is 0.909. The minimum atomic E-state index is -4.49. The van der Waals surface area contributed by atoms with Crippen molar-refractivity contribution < 1.29 is 22.6 Å². The van der Waals surface area contributed by atoms with Crippen LogP contribution in [-0.4, -0.2) is 71.0 Å². The van der Waals surface area contributed by atoms with E-state index in [-0.39, 0.29) is 36.1 Å². The van der Waals surface area contributed by atoms with E-state index in [9.17, 15) is 18.0 Å². The van der Waals surface area contributed by atoms with Crippen LogP contribution in [0, 0.1) is 0 Å². The second kappa shape index (κ2) is 17.6. The van der Waals surface area contributed by atoms with Crippen LogP contribution in [0.15, 0.2) is 0 Å². The van der Waals surface area contributed by atoms with Gasteiger partial charge in [0, 0.05) is 6.54 Å². The number of nitrogens with zero attached hydrogens (tertiary/aromatic N) is 1. The van der Waals surface area contributed by atoms with Crippen LogP contribution in [0.5, 0.6) is 0 Å². The Morgan fingerprint density at radius 2 is 1.13 bits per heavy atom. The second-order valence-electron chi connectivity index (χ2n) is 8.39. The molecule has 1 aliphatic rings. The van der Waals surface area contributed by atoms with Crippen LogP contribution >= 0.6 is 0 Å². The number of rotatable bonds is 18. The van der Waals surface area contributed by atoms with Gasteiger partial charge in [-0.25, -0.2) is 0 Å². The zero-order chi connectivity index (χ0) is 21.5. The van der Waals surface area contributed by atoms with Crippen molar-refractivity contribution in [2.45, 2.75) is 121 Å². The SMILES string of the molecule is CCCCCCCCCCCCCCCCCCN1C(=O)CC(S(=O)(=O)O)C1=O.[NaH]. The maximum atomic E-state index is 11.9. The van der Waals surface area contributed by atoms with Crippen LogP contribution in [0.4, 0.5) is 0 Å². The molecule has 0 aliphatic carbocycles. The van der Waals surface area contributed by atoms with Gasteiger partial charge in [-0.1, -0.05) is 103 Å². The first kappa shape index (κ1) is 30.0. The summed E-state index contributed by atoms with van der Waals surface area (Å²) in [5.74, 6) is -1.28. The van der Waals surface area contributed by atoms with Gasteiger partial charge in [0.25, 0.3) is 16.0 Å². The summed E-state index contributed by atoms with van der Waals surface area (Å²) in [6, 6.07) is 0. The van der Waals surface area contributed by atoms with Gasteiger partial charge in [-0.15, -0.1) is 0 Å². The van der Waals surface area contributed by atoms with Gasteiger partial charge in [-0.05, 0) is 6.42 Å². The Kier molecular flexibility index (Phi) is 17.6. The molecule has 172 valence electrons. The Hall–Kier alpha value is 0.0500. The Balaban J connectivity index is 0.00000841. The summed E-state index contributed by atoms with van der Waals surface area (Å²) in [5, 5.41) is -1.60. The van der Waals surface area contributed by atoms with Crippen LogP contribution in [0.1, 0.15) is 116 Å². The molecule has 0 radical (unpaired) electrons. The molecular weight excluding hydrogens is 413 g/mol. The van der Waals surface area contributed by atoms with Crippen molar-refractivity contribution in [3.05, 3.63) is 0 Å². The van der Waals surface area contributed by atoms with Crippen LogP contribution < -0.4 is 0 Å². The number of unbranched alkanes of at least 4 members (excludes halogenated alkanes) is 15. The number of carbonyl (C=O) groups is 2. The van der Waals surface area contributed by atoms with Gasteiger partial charge < -0.3 is 0 Å². The molecule has 30 heavy (non-hydrogen) atoms. The first-order valence-corrected chi connectivity index (χ1v) is 13.2. The number of hydrogen-bond donors (Lipinski definition) is 1. The molecule has 2 amide bonds. The van der Waals surface area contributed by atoms with E-state index < -0.39 is 33.6 Å². The van der Waals surface area contributed by atoms with E-state index in [1.165, 1.54) is 77.0 Å². The third kappa shape index (κ3) is 12.8. The third-order valence-corrected chi connectivity index (χ3v) is 6.88. The van der Waals surface area contributed by atoms with Crippen LogP contribution in [-0.2, 0) is 19.7 Å². The molecule has 1 fully saturated rings. The van der Waals surface area contributed by atoms with Crippen LogP contribution in [0.2, 0.25) is 0 Å². The molecule has 1 atom stereocenters. The van der Waals surface area contributed by atoms with Gasteiger partial charge >= 0.3 is 29.6 Å². The Morgan fingerprint density at radius 3 is 1.47 bits per heavy atom. The van der Waals surface area contributed by atoms with Crippen molar-refractivity contribution in [3.63, 3.8) is 0 Å². The molecule has 8 heteroatoms. The van der Waals surface area contributed by atoms with Gasteiger partial charge in [0.05, 0.1) is 6.42 Å². The molecule has 1 rings (SSSR count). The zero-order valence-electron chi connectivity index (χ0n) is 18.2. The summed E-state index contributed by atoms with van der Waals surface area (Å²) in [7, 11) is -4.49. The fourth-order valence-electron chi connectivity index (χ4n) is 3.94. The topological polar surface area (TPSA) is 91.8 Å². The number of amides is 2. The predicted molar refractivity (Wildman–Crippen MR) is 123 cm³/mol. The third-order valence-electron chi connectivity index (χ3n) is 5.80. The molecule has 1 heterocycles. The van der Waals surface area contributed by atoms with Gasteiger partial charge in [-0.3, -0.25) is 19.0 Å². The van der Waals surface area contributed by atoms with Gasteiger partial charge in [-0.2, -0.15) is 8.42 Å². The molecule has 1 aliphatic heterocycles. The minimum absolute atomic E-state index is 0. The average Bonchev–Trinajstić information content (AvgIpc) is 2.96. The van der Waals surface area contributed by atoms with E-state index >= 15 is 0 Å². The summed E-state index contributed by atoms with van der Waals surface area (Å²) >= 11 is 0. The summed E-state index contributed by atoms with van der Waals surface area (Å²) in [6.45, 7) is 2.50. The average molecular weight is 456 g/mol. The van der Waals surface area contributed by atoms with E-state index in [1.807, 2.05) is 0 Å². The maximum absolute atomic E-state index is 11.9. The van der Waals surface area contributed by atoms with Gasteiger partial charge in [0.15, 0.2) is 5.25 Å². The first-order chi connectivity index (χ1) is 13.9. The first-order valence-electron chi connectivity index (χ1n) is 11.7. The predicted octanol–water partition coefficient (Wildman–Crippen LogP) is 4.61.